The van der Waals surface area contributed by atoms with Gasteiger partial charge < -0.3 is 19.5 Å². The Balaban J connectivity index is 1.17. The summed E-state index contributed by atoms with van der Waals surface area (Å²) in [6.45, 7) is 0.521. The highest BCUT2D eigenvalue weighted by molar-refractivity contribution is 7.89. The van der Waals surface area contributed by atoms with Gasteiger partial charge in [-0.2, -0.15) is 4.31 Å². The lowest BCUT2D eigenvalue weighted by molar-refractivity contribution is -0.124. The van der Waals surface area contributed by atoms with Crippen molar-refractivity contribution in [1.29, 1.82) is 0 Å². The van der Waals surface area contributed by atoms with Crippen molar-refractivity contribution in [3.8, 4) is 11.5 Å². The quantitative estimate of drug-likeness (QED) is 0.489. The van der Waals surface area contributed by atoms with Crippen LogP contribution in [-0.4, -0.2) is 44.5 Å². The van der Waals surface area contributed by atoms with Crippen LogP contribution in [0.15, 0.2) is 71.6 Å². The topological polar surface area (TPSA) is 111 Å². The summed E-state index contributed by atoms with van der Waals surface area (Å²) in [7, 11) is -3.81. The zero-order valence-electron chi connectivity index (χ0n) is 19.3. The van der Waals surface area contributed by atoms with Crippen molar-refractivity contribution in [2.45, 2.75) is 24.4 Å². The minimum atomic E-state index is -3.81. The lowest BCUT2D eigenvalue weighted by atomic mass is 10.0. The van der Waals surface area contributed by atoms with Crippen LogP contribution in [0.25, 0.3) is 0 Å². The monoisotopic (exact) mass is 508 g/mol. The van der Waals surface area contributed by atoms with Crippen molar-refractivity contribution in [1.82, 2.24) is 9.62 Å². The molecule has 0 fully saturated rings. The molecule has 0 unspecified atom stereocenters. The van der Waals surface area contributed by atoms with E-state index in [1.54, 1.807) is 18.2 Å². The Labute approximate surface area is 208 Å². The van der Waals surface area contributed by atoms with Crippen molar-refractivity contribution in [2.24, 2.45) is 0 Å². The van der Waals surface area contributed by atoms with Gasteiger partial charge >= 0.3 is 5.97 Å². The van der Waals surface area contributed by atoms with Gasteiger partial charge in [0.05, 0.1) is 10.5 Å². The maximum atomic E-state index is 13.2. The first-order valence-electron chi connectivity index (χ1n) is 11.4. The molecule has 0 atom stereocenters. The third kappa shape index (κ3) is 5.05. The van der Waals surface area contributed by atoms with Gasteiger partial charge in [-0.05, 0) is 53.4 Å². The van der Waals surface area contributed by atoms with Gasteiger partial charge in [0, 0.05) is 19.6 Å². The molecule has 1 amide bonds. The van der Waals surface area contributed by atoms with Gasteiger partial charge in [0.2, 0.25) is 16.8 Å². The first-order chi connectivity index (χ1) is 17.4. The van der Waals surface area contributed by atoms with E-state index in [-0.39, 0.29) is 30.3 Å². The van der Waals surface area contributed by atoms with Crippen LogP contribution < -0.4 is 14.8 Å². The van der Waals surface area contributed by atoms with Crippen molar-refractivity contribution in [3.05, 3.63) is 89.0 Å². The molecule has 2 aliphatic rings. The van der Waals surface area contributed by atoms with Crippen LogP contribution in [0.2, 0.25) is 0 Å². The molecule has 3 aromatic rings. The number of carbonyl (C=O) groups is 2. The molecule has 0 aliphatic carbocycles. The fourth-order valence-electron chi connectivity index (χ4n) is 4.12. The van der Waals surface area contributed by atoms with Crippen LogP contribution in [-0.2, 0) is 39.1 Å². The molecule has 3 aromatic carbocycles. The molecule has 5 rings (SSSR count). The van der Waals surface area contributed by atoms with Gasteiger partial charge in [-0.25, -0.2) is 13.2 Å². The van der Waals surface area contributed by atoms with Crippen LogP contribution in [0.1, 0.15) is 27.0 Å². The lowest BCUT2D eigenvalue weighted by Crippen LogP contribution is -2.36. The van der Waals surface area contributed by atoms with E-state index in [9.17, 15) is 18.0 Å². The summed E-state index contributed by atoms with van der Waals surface area (Å²) in [4.78, 5) is 24.7. The Bertz CT molecular complexity index is 1420. The predicted molar refractivity (Wildman–Crippen MR) is 129 cm³/mol. The van der Waals surface area contributed by atoms with Gasteiger partial charge in [-0.1, -0.05) is 36.4 Å². The molecule has 36 heavy (non-hydrogen) atoms. The standard InChI is InChI=1S/C26H24N2O7S/c29-25(27-14-18-8-9-23-24(12-18)35-17-34-23)16-33-26(30)20-6-3-7-22(13-20)36(31,32)28-11-10-19-4-1-2-5-21(19)15-28/h1-9,12-13H,10-11,14-17H2,(H,27,29). The van der Waals surface area contributed by atoms with Gasteiger partial charge in [0.15, 0.2) is 18.1 Å². The summed E-state index contributed by atoms with van der Waals surface area (Å²) in [5.74, 6) is -0.0174. The molecule has 0 radical (unpaired) electrons. The Morgan fingerprint density at radius 1 is 0.944 bits per heavy atom. The number of amides is 1. The molecule has 10 heteroatoms. The number of fused-ring (bicyclic) bond motifs is 2. The number of nitrogens with one attached hydrogen (secondary N) is 1. The predicted octanol–water partition coefficient (Wildman–Crippen LogP) is 2.64. The molecule has 1 N–H and O–H groups in total. The molecular formula is C26H24N2O7S. The Kier molecular flexibility index (Phi) is 6.62. The summed E-state index contributed by atoms with van der Waals surface area (Å²) in [5, 5.41) is 2.67. The zero-order chi connectivity index (χ0) is 25.1. The molecular weight excluding hydrogens is 484 g/mol. The fourth-order valence-corrected chi connectivity index (χ4v) is 5.59. The number of rotatable bonds is 7. The van der Waals surface area contributed by atoms with Crippen molar-refractivity contribution in [3.63, 3.8) is 0 Å². The zero-order valence-corrected chi connectivity index (χ0v) is 20.1. The molecule has 2 aliphatic heterocycles. The SMILES string of the molecule is O=C(COC(=O)c1cccc(S(=O)(=O)N2CCc3ccccc3C2)c1)NCc1ccc2c(c1)OCO2. The number of carbonyl (C=O) groups excluding carboxylic acids is 2. The second-order valence-corrected chi connectivity index (χ2v) is 10.4. The van der Waals surface area contributed by atoms with E-state index >= 15 is 0 Å². The smallest absolute Gasteiger partial charge is 0.338 e. The van der Waals surface area contributed by atoms with E-state index in [2.05, 4.69) is 5.32 Å². The average Bonchev–Trinajstić information content (AvgIpc) is 3.38. The summed E-state index contributed by atoms with van der Waals surface area (Å²) in [5.41, 5.74) is 2.96. The van der Waals surface area contributed by atoms with E-state index < -0.39 is 28.5 Å². The average molecular weight is 509 g/mol. The number of nitrogens with zero attached hydrogens (tertiary/aromatic N) is 1. The molecule has 2 heterocycles. The van der Waals surface area contributed by atoms with E-state index in [1.165, 1.54) is 28.6 Å². The molecule has 0 aromatic heterocycles. The van der Waals surface area contributed by atoms with Gasteiger partial charge in [-0.3, -0.25) is 4.79 Å². The van der Waals surface area contributed by atoms with Crippen LogP contribution in [0.5, 0.6) is 11.5 Å². The number of hydrogen-bond acceptors (Lipinski definition) is 7. The van der Waals surface area contributed by atoms with E-state index in [4.69, 9.17) is 14.2 Å². The fraction of sp³-hybridized carbons (Fsp3) is 0.231. The van der Waals surface area contributed by atoms with E-state index in [1.807, 2.05) is 24.3 Å². The molecule has 0 saturated heterocycles. The Morgan fingerprint density at radius 3 is 2.61 bits per heavy atom. The van der Waals surface area contributed by atoms with E-state index in [0.29, 0.717) is 24.5 Å². The maximum absolute atomic E-state index is 13.2. The van der Waals surface area contributed by atoms with Crippen LogP contribution in [0, 0.1) is 0 Å². The second kappa shape index (κ2) is 10.00. The normalized spacial score (nSPS) is 14.7. The largest absolute Gasteiger partial charge is 0.454 e. The molecule has 0 bridgehead atoms. The van der Waals surface area contributed by atoms with Gasteiger partial charge in [-0.15, -0.1) is 0 Å². The minimum Gasteiger partial charge on any atom is -0.454 e. The number of benzene rings is 3. The molecule has 186 valence electrons. The first-order valence-corrected chi connectivity index (χ1v) is 12.8. The highest BCUT2D eigenvalue weighted by atomic mass is 32.2. The van der Waals surface area contributed by atoms with Crippen molar-refractivity contribution < 1.29 is 32.2 Å². The first kappa shape index (κ1) is 23.8. The summed E-state index contributed by atoms with van der Waals surface area (Å²) < 4.78 is 43.5. The van der Waals surface area contributed by atoms with Crippen LogP contribution >= 0.6 is 0 Å². The van der Waals surface area contributed by atoms with Gasteiger partial charge in [0.1, 0.15) is 0 Å². The summed E-state index contributed by atoms with van der Waals surface area (Å²) in [6, 6.07) is 18.7. The lowest BCUT2D eigenvalue weighted by Gasteiger charge is -2.28. The summed E-state index contributed by atoms with van der Waals surface area (Å²) in [6.07, 6.45) is 0.624. The summed E-state index contributed by atoms with van der Waals surface area (Å²) >= 11 is 0. The minimum absolute atomic E-state index is 0.00332. The maximum Gasteiger partial charge on any atom is 0.338 e. The van der Waals surface area contributed by atoms with Crippen LogP contribution in [0.3, 0.4) is 0 Å². The van der Waals surface area contributed by atoms with Crippen molar-refractivity contribution in [2.75, 3.05) is 19.9 Å². The van der Waals surface area contributed by atoms with Gasteiger partial charge in [0.25, 0.3) is 5.91 Å². The van der Waals surface area contributed by atoms with Crippen molar-refractivity contribution >= 4 is 21.9 Å². The number of sulfonamides is 1. The molecule has 0 spiro atoms. The second-order valence-electron chi connectivity index (χ2n) is 8.43. The Hall–Kier alpha value is -3.89. The highest BCUT2D eigenvalue weighted by Crippen LogP contribution is 2.32. The number of esters is 1. The highest BCUT2D eigenvalue weighted by Gasteiger charge is 2.29. The molecule has 9 nitrogen and oxygen atoms in total. The van der Waals surface area contributed by atoms with Crippen LogP contribution in [0.4, 0.5) is 0 Å². The van der Waals surface area contributed by atoms with E-state index in [0.717, 1.165) is 16.7 Å². The number of hydrogen-bond donors (Lipinski definition) is 1. The number of ether oxygens (including phenoxy) is 3. The molecule has 0 saturated carbocycles. The Morgan fingerprint density at radius 2 is 1.75 bits per heavy atom. The third-order valence-electron chi connectivity index (χ3n) is 6.06. The third-order valence-corrected chi connectivity index (χ3v) is 7.91.